The second-order valence-corrected chi connectivity index (χ2v) is 5.87. The summed E-state index contributed by atoms with van der Waals surface area (Å²) in [6, 6.07) is 4.14. The highest BCUT2D eigenvalue weighted by Gasteiger charge is 2.23. The van der Waals surface area contributed by atoms with Crippen molar-refractivity contribution in [2.75, 3.05) is 18.0 Å². The second kappa shape index (κ2) is 4.89. The summed E-state index contributed by atoms with van der Waals surface area (Å²) in [5, 5.41) is 23.5. The fourth-order valence-electron chi connectivity index (χ4n) is 2.14. The lowest BCUT2D eigenvalue weighted by atomic mass is 9.80. The number of nitrogens with two attached hydrogens (primary N) is 1. The van der Waals surface area contributed by atoms with Crippen molar-refractivity contribution in [3.05, 3.63) is 18.2 Å². The summed E-state index contributed by atoms with van der Waals surface area (Å²) in [6.45, 7) is 1.49. The number of rotatable bonds is 3. The van der Waals surface area contributed by atoms with Crippen molar-refractivity contribution in [1.29, 1.82) is 0 Å². The molecule has 0 saturated carbocycles. The van der Waals surface area contributed by atoms with E-state index in [1.54, 1.807) is 0 Å². The largest absolute Gasteiger partial charge is 0.488 e. The van der Waals surface area contributed by atoms with Gasteiger partial charge in [-0.05, 0) is 30.4 Å². The van der Waals surface area contributed by atoms with E-state index < -0.39 is 17.1 Å². The van der Waals surface area contributed by atoms with Gasteiger partial charge in [-0.1, -0.05) is 6.07 Å². The molecule has 0 aliphatic carbocycles. The van der Waals surface area contributed by atoms with Crippen LogP contribution in [0.2, 0.25) is 0 Å². The van der Waals surface area contributed by atoms with Gasteiger partial charge in [0.15, 0.2) is 0 Å². The van der Waals surface area contributed by atoms with Gasteiger partial charge < -0.3 is 14.9 Å². The van der Waals surface area contributed by atoms with Crippen molar-refractivity contribution >= 4 is 28.3 Å². The van der Waals surface area contributed by atoms with Gasteiger partial charge >= 0.3 is 7.12 Å². The van der Waals surface area contributed by atoms with Gasteiger partial charge in [0, 0.05) is 13.1 Å². The van der Waals surface area contributed by atoms with Gasteiger partial charge in [0.2, 0.25) is 10.0 Å². The number of benzene rings is 1. The highest BCUT2D eigenvalue weighted by molar-refractivity contribution is 7.89. The van der Waals surface area contributed by atoms with E-state index in [-0.39, 0.29) is 10.4 Å². The first kappa shape index (κ1) is 13.3. The van der Waals surface area contributed by atoms with Crippen molar-refractivity contribution in [1.82, 2.24) is 0 Å². The molecule has 18 heavy (non-hydrogen) atoms. The van der Waals surface area contributed by atoms with E-state index >= 15 is 0 Å². The lowest BCUT2D eigenvalue weighted by molar-refractivity contribution is 0.425. The van der Waals surface area contributed by atoms with Crippen LogP contribution in [0.3, 0.4) is 0 Å². The number of hydrogen-bond acceptors (Lipinski definition) is 5. The van der Waals surface area contributed by atoms with Gasteiger partial charge in [-0.15, -0.1) is 0 Å². The molecule has 1 aromatic rings. The van der Waals surface area contributed by atoms with Crippen molar-refractivity contribution in [2.45, 2.75) is 17.7 Å². The number of nitrogens with zero attached hydrogens (tertiary/aromatic N) is 1. The predicted octanol–water partition coefficient (Wildman–Crippen LogP) is -1.39. The van der Waals surface area contributed by atoms with Gasteiger partial charge in [-0.2, -0.15) is 0 Å². The lowest BCUT2D eigenvalue weighted by Crippen LogP contribution is -2.32. The Morgan fingerprint density at radius 3 is 2.33 bits per heavy atom. The van der Waals surface area contributed by atoms with Crippen LogP contribution in [0.1, 0.15) is 12.8 Å². The number of hydrogen-bond donors (Lipinski definition) is 3. The maximum absolute atomic E-state index is 11.5. The molecule has 0 atom stereocenters. The molecule has 1 heterocycles. The SMILES string of the molecule is NS(=O)(=O)c1ccc(B(O)O)cc1N1CCCC1. The topological polar surface area (TPSA) is 104 Å². The molecule has 0 aromatic heterocycles. The minimum atomic E-state index is -3.82. The number of primary sulfonamides is 1. The molecule has 8 heteroatoms. The Labute approximate surface area is 106 Å². The molecule has 1 aliphatic rings. The molecule has 2 rings (SSSR count). The van der Waals surface area contributed by atoms with Gasteiger partial charge in [0.25, 0.3) is 0 Å². The van der Waals surface area contributed by atoms with E-state index in [4.69, 9.17) is 15.2 Å². The summed E-state index contributed by atoms with van der Waals surface area (Å²) in [5.41, 5.74) is 0.699. The molecule has 6 nitrogen and oxygen atoms in total. The molecule has 1 aromatic carbocycles. The smallest absolute Gasteiger partial charge is 0.423 e. The Kier molecular flexibility index (Phi) is 3.62. The zero-order valence-electron chi connectivity index (χ0n) is 9.78. The van der Waals surface area contributed by atoms with E-state index in [1.807, 2.05) is 4.90 Å². The number of sulfonamides is 1. The first-order valence-electron chi connectivity index (χ1n) is 5.67. The highest BCUT2D eigenvalue weighted by Crippen LogP contribution is 2.26. The van der Waals surface area contributed by atoms with Crippen LogP contribution in [0.5, 0.6) is 0 Å². The van der Waals surface area contributed by atoms with Gasteiger partial charge in [-0.3, -0.25) is 0 Å². The molecule has 4 N–H and O–H groups in total. The van der Waals surface area contributed by atoms with Gasteiger partial charge in [-0.25, -0.2) is 13.6 Å². The lowest BCUT2D eigenvalue weighted by Gasteiger charge is -2.21. The maximum atomic E-state index is 11.5. The monoisotopic (exact) mass is 270 g/mol. The minimum Gasteiger partial charge on any atom is -0.423 e. The molecular weight excluding hydrogens is 255 g/mol. The standard InChI is InChI=1S/C10H15BN2O4S/c12-18(16,17)10-4-3-8(11(14)15)7-9(10)13-5-1-2-6-13/h3-4,7,14-15H,1-2,5-6H2,(H2,12,16,17). The maximum Gasteiger partial charge on any atom is 0.488 e. The summed E-state index contributed by atoms with van der Waals surface area (Å²) in [6.07, 6.45) is 1.96. The van der Waals surface area contributed by atoms with E-state index in [2.05, 4.69) is 0 Å². The minimum absolute atomic E-state index is 0.0220. The Morgan fingerprint density at radius 1 is 1.22 bits per heavy atom. The molecule has 0 bridgehead atoms. The molecule has 0 amide bonds. The summed E-state index contributed by atoms with van der Waals surface area (Å²) >= 11 is 0. The third-order valence-electron chi connectivity index (χ3n) is 3.03. The first-order valence-corrected chi connectivity index (χ1v) is 7.22. The van der Waals surface area contributed by atoms with Crippen LogP contribution in [-0.4, -0.2) is 38.7 Å². The van der Waals surface area contributed by atoms with E-state index in [0.29, 0.717) is 5.69 Å². The molecular formula is C10H15BN2O4S. The average Bonchev–Trinajstić information content (AvgIpc) is 2.80. The average molecular weight is 270 g/mol. The van der Waals surface area contributed by atoms with E-state index in [1.165, 1.54) is 18.2 Å². The quantitative estimate of drug-likeness (QED) is 0.587. The first-order chi connectivity index (χ1) is 8.39. The zero-order chi connectivity index (χ0) is 13.3. The second-order valence-electron chi connectivity index (χ2n) is 4.34. The summed E-state index contributed by atoms with van der Waals surface area (Å²) in [5.74, 6) is 0. The van der Waals surface area contributed by atoms with Crippen molar-refractivity contribution in [2.24, 2.45) is 5.14 Å². The molecule has 0 unspecified atom stereocenters. The summed E-state index contributed by atoms with van der Waals surface area (Å²) in [4.78, 5) is 1.92. The van der Waals surface area contributed by atoms with Crippen molar-refractivity contribution < 1.29 is 18.5 Å². The van der Waals surface area contributed by atoms with Gasteiger partial charge in [0.05, 0.1) is 5.69 Å². The Bertz CT molecular complexity index is 541. The fraction of sp³-hybridized carbons (Fsp3) is 0.400. The molecule has 1 aliphatic heterocycles. The summed E-state index contributed by atoms with van der Waals surface area (Å²) < 4.78 is 23.0. The Morgan fingerprint density at radius 2 is 1.83 bits per heavy atom. The number of anilines is 1. The van der Waals surface area contributed by atoms with Crippen LogP contribution in [0.25, 0.3) is 0 Å². The third kappa shape index (κ3) is 2.67. The Hall–Kier alpha value is -1.09. The van der Waals surface area contributed by atoms with E-state index in [9.17, 15) is 8.42 Å². The molecule has 1 fully saturated rings. The molecule has 0 spiro atoms. The normalized spacial score (nSPS) is 16.1. The zero-order valence-corrected chi connectivity index (χ0v) is 10.6. The van der Waals surface area contributed by atoms with Crippen LogP contribution >= 0.6 is 0 Å². The third-order valence-corrected chi connectivity index (χ3v) is 3.99. The predicted molar refractivity (Wildman–Crippen MR) is 69.1 cm³/mol. The van der Waals surface area contributed by atoms with Crippen molar-refractivity contribution in [3.8, 4) is 0 Å². The van der Waals surface area contributed by atoms with Crippen LogP contribution in [0, 0.1) is 0 Å². The van der Waals surface area contributed by atoms with Crippen LogP contribution in [0.4, 0.5) is 5.69 Å². The fourth-order valence-corrected chi connectivity index (χ4v) is 2.88. The summed E-state index contributed by atoms with van der Waals surface area (Å²) in [7, 11) is -5.44. The van der Waals surface area contributed by atoms with Crippen molar-refractivity contribution in [3.63, 3.8) is 0 Å². The molecule has 98 valence electrons. The highest BCUT2D eigenvalue weighted by atomic mass is 32.2. The van der Waals surface area contributed by atoms with Gasteiger partial charge in [0.1, 0.15) is 4.90 Å². The molecule has 1 saturated heterocycles. The Balaban J connectivity index is 2.53. The van der Waals surface area contributed by atoms with Crippen LogP contribution in [0.15, 0.2) is 23.1 Å². The van der Waals surface area contributed by atoms with Crippen LogP contribution < -0.4 is 15.5 Å². The van der Waals surface area contributed by atoms with Crippen LogP contribution in [-0.2, 0) is 10.0 Å². The molecule has 0 radical (unpaired) electrons. The van der Waals surface area contributed by atoms with E-state index in [0.717, 1.165) is 25.9 Å².